The Hall–Kier alpha value is -2.34. The molecule has 10 heteroatoms. The molecule has 0 unspecified atom stereocenters. The Labute approximate surface area is 196 Å². The molecular weight excluding hydrogens is 394 g/mol. The van der Waals surface area contributed by atoms with Crippen molar-refractivity contribution in [1.82, 2.24) is 4.90 Å². The molecule has 1 aliphatic heterocycles. The van der Waals surface area contributed by atoms with E-state index in [1.807, 2.05) is 30.3 Å². The summed E-state index contributed by atoms with van der Waals surface area (Å²) in [6.45, 7) is 5.31. The highest BCUT2D eigenvalue weighted by molar-refractivity contribution is 6.46. The van der Waals surface area contributed by atoms with E-state index in [2.05, 4.69) is 0 Å². The molecule has 2 aromatic carbocycles. The fourth-order valence-electron chi connectivity index (χ4n) is 3.92. The Morgan fingerprint density at radius 1 is 1.16 bits per heavy atom. The molecular formula is C22H21B5N2O3. The molecule has 1 heterocycles. The summed E-state index contributed by atoms with van der Waals surface area (Å²) in [6, 6.07) is 12.6. The van der Waals surface area contributed by atoms with E-state index in [9.17, 15) is 10.1 Å². The smallest absolute Gasteiger partial charge is 0.311 e. The van der Waals surface area contributed by atoms with Crippen LogP contribution in [0.25, 0.3) is 5.57 Å². The van der Waals surface area contributed by atoms with E-state index in [1.165, 1.54) is 6.07 Å². The number of rotatable bonds is 6. The molecule has 0 spiro atoms. The maximum absolute atomic E-state index is 11.6. The van der Waals surface area contributed by atoms with Gasteiger partial charge in [-0.1, -0.05) is 36.4 Å². The summed E-state index contributed by atoms with van der Waals surface area (Å²) in [6.07, 6.45) is 1.89. The van der Waals surface area contributed by atoms with E-state index in [1.54, 1.807) is 37.8 Å². The van der Waals surface area contributed by atoms with Gasteiger partial charge in [-0.3, -0.25) is 10.1 Å². The summed E-state index contributed by atoms with van der Waals surface area (Å²) in [7, 11) is 31.8. The highest BCUT2D eigenvalue weighted by atomic mass is 16.6. The molecule has 2 aromatic rings. The lowest BCUT2D eigenvalue weighted by atomic mass is 9.47. The molecule has 3 rings (SSSR count). The van der Waals surface area contributed by atoms with Gasteiger partial charge in [-0.25, -0.2) is 0 Å². The summed E-state index contributed by atoms with van der Waals surface area (Å²) in [5.74, 6) is 0.0370. The number of ether oxygens (including phenoxy) is 1. The van der Waals surface area contributed by atoms with Gasteiger partial charge in [0.05, 0.1) is 41.8 Å². The Morgan fingerprint density at radius 2 is 1.78 bits per heavy atom. The maximum Gasteiger partial charge on any atom is 0.311 e. The van der Waals surface area contributed by atoms with E-state index < -0.39 is 21.1 Å². The molecule has 32 heavy (non-hydrogen) atoms. The van der Waals surface area contributed by atoms with Crippen molar-refractivity contribution in [1.29, 1.82) is 0 Å². The number of hydrogen-bond donors (Lipinski definition) is 0. The van der Waals surface area contributed by atoms with Crippen LogP contribution in [0.5, 0.6) is 5.75 Å². The maximum atomic E-state index is 11.6. The third-order valence-corrected chi connectivity index (χ3v) is 5.25. The second-order valence-electron chi connectivity index (χ2n) is 8.89. The van der Waals surface area contributed by atoms with Gasteiger partial charge >= 0.3 is 5.69 Å². The quantitative estimate of drug-likeness (QED) is 0.413. The van der Waals surface area contributed by atoms with Crippen LogP contribution in [-0.2, 0) is 6.54 Å². The lowest BCUT2D eigenvalue weighted by molar-refractivity contribution is -0.386. The van der Waals surface area contributed by atoms with E-state index >= 15 is 0 Å². The summed E-state index contributed by atoms with van der Waals surface area (Å²) in [4.78, 5) is 12.7. The highest BCUT2D eigenvalue weighted by Gasteiger charge is 2.40. The van der Waals surface area contributed by atoms with Gasteiger partial charge in [0.25, 0.3) is 0 Å². The van der Waals surface area contributed by atoms with Crippen LogP contribution in [0.3, 0.4) is 0 Å². The van der Waals surface area contributed by atoms with Crippen LogP contribution in [0.15, 0.2) is 48.5 Å². The topological polar surface area (TPSA) is 55.6 Å². The first-order valence-corrected chi connectivity index (χ1v) is 10.2. The van der Waals surface area contributed by atoms with Gasteiger partial charge in [-0.05, 0) is 66.2 Å². The summed E-state index contributed by atoms with van der Waals surface area (Å²) >= 11 is 0. The van der Waals surface area contributed by atoms with Crippen molar-refractivity contribution in [2.24, 2.45) is 0 Å². The van der Waals surface area contributed by atoms with Gasteiger partial charge in [0.2, 0.25) is 0 Å². The summed E-state index contributed by atoms with van der Waals surface area (Å²) < 4.78 is 5.66. The molecule has 0 bridgehead atoms. The molecule has 5 nitrogen and oxygen atoms in total. The number of hydrogen-bond acceptors (Lipinski definition) is 4. The van der Waals surface area contributed by atoms with E-state index in [0.29, 0.717) is 23.2 Å². The zero-order chi connectivity index (χ0) is 23.9. The average Bonchev–Trinajstić information content (AvgIpc) is 2.64. The van der Waals surface area contributed by atoms with Gasteiger partial charge in [0.15, 0.2) is 5.75 Å². The molecule has 0 aromatic heterocycles. The van der Waals surface area contributed by atoms with Crippen molar-refractivity contribution >= 4 is 50.5 Å². The van der Waals surface area contributed by atoms with Crippen LogP contribution in [-0.4, -0.2) is 65.2 Å². The van der Waals surface area contributed by atoms with Crippen molar-refractivity contribution in [2.45, 2.75) is 49.9 Å². The first kappa shape index (κ1) is 24.3. The SMILES string of the molecule is [B]C(C)(C)Oc1cc(C2=CC([B])([B])N(Cc3ccccc3)C([B])([B])C2)c(C)cc1[N+](=O)[O-]. The Kier molecular flexibility index (Phi) is 6.49. The Bertz CT molecular complexity index is 1050. The van der Waals surface area contributed by atoms with Crippen LogP contribution in [0, 0.1) is 17.0 Å². The van der Waals surface area contributed by atoms with Crippen molar-refractivity contribution < 1.29 is 9.66 Å². The van der Waals surface area contributed by atoms with Gasteiger partial charge in [0.1, 0.15) is 7.85 Å². The van der Waals surface area contributed by atoms with E-state index in [4.69, 9.17) is 44.0 Å². The molecule has 0 atom stereocenters. The normalized spacial score (nSPS) is 18.0. The number of aryl methyl sites for hydroxylation is 1. The number of nitro groups is 1. The third-order valence-electron chi connectivity index (χ3n) is 5.25. The fraction of sp³-hybridized carbons (Fsp3) is 0.364. The first-order valence-electron chi connectivity index (χ1n) is 10.2. The zero-order valence-electron chi connectivity index (χ0n) is 18.5. The standard InChI is InChI=1S/C22H21B5N2O3/c1-14-9-18(29(30)31)19(32-20(2,3)23)10-17(14)16-11-21(24,25)28(22(26,27)12-16)13-15-7-5-4-6-8-15/h4-11H,12-13H2,1-3H3. The third kappa shape index (κ3) is 5.34. The molecule has 0 N–H and O–H groups in total. The van der Waals surface area contributed by atoms with Crippen LogP contribution >= 0.6 is 0 Å². The molecule has 1 aliphatic rings. The summed E-state index contributed by atoms with van der Waals surface area (Å²) in [5, 5.41) is 8.72. The molecule has 0 fully saturated rings. The lowest BCUT2D eigenvalue weighted by Gasteiger charge is -2.54. The molecule has 0 aliphatic carbocycles. The number of benzene rings is 2. The molecule has 0 saturated carbocycles. The largest absolute Gasteiger partial charge is 0.491 e. The molecule has 0 saturated heterocycles. The van der Waals surface area contributed by atoms with Crippen molar-refractivity contribution in [3.8, 4) is 5.75 Å². The second kappa shape index (κ2) is 8.55. The lowest BCUT2D eigenvalue weighted by Crippen LogP contribution is -2.63. The van der Waals surface area contributed by atoms with Gasteiger partial charge in [-0.15, -0.1) is 0 Å². The zero-order valence-corrected chi connectivity index (χ0v) is 18.5. The van der Waals surface area contributed by atoms with Crippen molar-refractivity contribution in [2.75, 3.05) is 0 Å². The number of nitrogens with zero attached hydrogens (tertiary/aromatic N) is 2. The van der Waals surface area contributed by atoms with Crippen LogP contribution in [0.1, 0.15) is 37.0 Å². The van der Waals surface area contributed by atoms with Crippen LogP contribution in [0.2, 0.25) is 0 Å². The van der Waals surface area contributed by atoms with Crippen molar-refractivity contribution in [3.05, 3.63) is 75.3 Å². The van der Waals surface area contributed by atoms with Gasteiger partial charge < -0.3 is 9.64 Å². The summed E-state index contributed by atoms with van der Waals surface area (Å²) in [5.41, 5.74) is 1.59. The van der Waals surface area contributed by atoms with Crippen molar-refractivity contribution in [3.63, 3.8) is 0 Å². The van der Waals surface area contributed by atoms with Gasteiger partial charge in [0, 0.05) is 12.6 Å². The minimum Gasteiger partial charge on any atom is -0.491 e. The fourth-order valence-corrected chi connectivity index (χ4v) is 3.92. The number of nitro benzene ring substituents is 1. The first-order chi connectivity index (χ1) is 14.7. The molecule has 10 radical (unpaired) electrons. The minimum atomic E-state index is -1.46. The highest BCUT2D eigenvalue weighted by Crippen LogP contribution is 2.41. The molecule has 0 amide bonds. The van der Waals surface area contributed by atoms with Crippen LogP contribution < -0.4 is 4.74 Å². The second-order valence-corrected chi connectivity index (χ2v) is 8.89. The predicted molar refractivity (Wildman–Crippen MR) is 131 cm³/mol. The van der Waals surface area contributed by atoms with Crippen LogP contribution in [0.4, 0.5) is 5.69 Å². The monoisotopic (exact) mass is 416 g/mol. The van der Waals surface area contributed by atoms with Gasteiger partial charge in [-0.2, -0.15) is 0 Å². The molecule has 152 valence electrons. The van der Waals surface area contributed by atoms with E-state index in [0.717, 1.165) is 5.56 Å². The Balaban J connectivity index is 2.06. The predicted octanol–water partition coefficient (Wildman–Crippen LogP) is 2.46. The average molecular weight is 415 g/mol. The Morgan fingerprint density at radius 3 is 2.31 bits per heavy atom. The van der Waals surface area contributed by atoms with E-state index in [-0.39, 0.29) is 17.9 Å². The minimum absolute atomic E-state index is 0.0370.